The summed E-state index contributed by atoms with van der Waals surface area (Å²) in [5.41, 5.74) is 0. The molecule has 0 saturated carbocycles. The molecule has 0 unspecified atom stereocenters. The normalized spacial score (nSPS) is 7.80. The van der Waals surface area contributed by atoms with Crippen LogP contribution in [0.15, 0.2) is 0 Å². The molecule has 0 atom stereocenters. The van der Waals surface area contributed by atoms with E-state index < -0.39 is 5.97 Å². The Labute approximate surface area is 97.4 Å². The number of carbonyl (C=O) groups excluding carboxylic acids is 2. The minimum atomic E-state index is -0.440. The molecule has 0 aromatic carbocycles. The Hall–Kier alpha value is 0.621. The van der Waals surface area contributed by atoms with E-state index in [4.69, 9.17) is 0 Å². The molecule has 0 bridgehead atoms. The van der Waals surface area contributed by atoms with E-state index in [-0.39, 0.29) is 57.7 Å². The third-order valence-electron chi connectivity index (χ3n) is 0.699. The maximum absolute atomic E-state index is 10.4. The first-order valence-electron chi connectivity index (χ1n) is 2.82. The monoisotopic (exact) mass is 218 g/mol. The summed E-state index contributed by atoms with van der Waals surface area (Å²) in [5.74, 6) is -0.599. The van der Waals surface area contributed by atoms with Crippen molar-refractivity contribution in [3.8, 4) is 0 Å². The molecular weight excluding hydrogens is 208 g/mol. The van der Waals surface area contributed by atoms with E-state index in [1.54, 1.807) is 6.92 Å². The molecule has 0 aromatic rings. The van der Waals surface area contributed by atoms with Gasteiger partial charge in [-0.2, -0.15) is 0 Å². The molecule has 0 rings (SSSR count). The molecule has 0 heterocycles. The van der Waals surface area contributed by atoms with Gasteiger partial charge in [-0.15, -0.1) is 0 Å². The fourth-order valence-electron chi connectivity index (χ4n) is 0.415. The number of Topliss-reactive ketones (excluding diaryl/α,β-unsaturated/α-hetero) is 1. The summed E-state index contributed by atoms with van der Waals surface area (Å²) in [6.07, 6.45) is -0.103. The molecule has 0 amide bonds. The molecule has 0 fully saturated rings. The molecule has 0 aliphatic heterocycles. The van der Waals surface area contributed by atoms with Gasteiger partial charge in [-0.1, -0.05) is 0 Å². The Kier molecular flexibility index (Phi) is 10.2. The van der Waals surface area contributed by atoms with Crippen LogP contribution < -0.4 is 0 Å². The van der Waals surface area contributed by atoms with Gasteiger partial charge in [0.25, 0.3) is 0 Å². The number of rotatable bonds is 3. The van der Waals surface area contributed by atoms with Crippen molar-refractivity contribution < 1.29 is 14.3 Å². The van der Waals surface area contributed by atoms with E-state index in [0.29, 0.717) is 6.61 Å². The number of hydrogen-bond donors (Lipinski definition) is 0. The maximum atomic E-state index is 10.4. The summed E-state index contributed by atoms with van der Waals surface area (Å²) < 4.78 is 4.49. The number of ether oxygens (including phenoxy) is 1. The fraction of sp³-hybridized carbons (Fsp3) is 0.667. The van der Waals surface area contributed by atoms with E-state index in [1.807, 2.05) is 0 Å². The Morgan fingerprint density at radius 3 is 2.20 bits per heavy atom. The van der Waals surface area contributed by atoms with Gasteiger partial charge in [0.1, 0.15) is 12.2 Å². The van der Waals surface area contributed by atoms with E-state index in [1.165, 1.54) is 6.92 Å². The number of carbonyl (C=O) groups is 2. The molecular formula is C6H10O3Sr. The number of hydrogen-bond acceptors (Lipinski definition) is 3. The van der Waals surface area contributed by atoms with Crippen molar-refractivity contribution in [1.82, 2.24) is 0 Å². The first kappa shape index (κ1) is 13.2. The smallest absolute Gasteiger partial charge is 0.313 e. The summed E-state index contributed by atoms with van der Waals surface area (Å²) in [7, 11) is 0. The summed E-state index contributed by atoms with van der Waals surface area (Å²) in [6, 6.07) is 0. The van der Waals surface area contributed by atoms with Gasteiger partial charge in [0.05, 0.1) is 6.61 Å². The third kappa shape index (κ3) is 8.62. The van der Waals surface area contributed by atoms with Gasteiger partial charge < -0.3 is 4.74 Å². The quantitative estimate of drug-likeness (QED) is 0.384. The topological polar surface area (TPSA) is 43.4 Å². The van der Waals surface area contributed by atoms with Crippen LogP contribution in [0.1, 0.15) is 20.3 Å². The van der Waals surface area contributed by atoms with Gasteiger partial charge in [0, 0.05) is 45.5 Å². The van der Waals surface area contributed by atoms with Crippen LogP contribution >= 0.6 is 0 Å². The van der Waals surface area contributed by atoms with Crippen LogP contribution in [-0.2, 0) is 14.3 Å². The second kappa shape index (κ2) is 7.72. The van der Waals surface area contributed by atoms with Gasteiger partial charge in [0.15, 0.2) is 0 Å². The van der Waals surface area contributed by atoms with Gasteiger partial charge in [-0.25, -0.2) is 0 Å². The van der Waals surface area contributed by atoms with Crippen LogP contribution in [0.2, 0.25) is 0 Å². The van der Waals surface area contributed by atoms with Crippen molar-refractivity contribution in [3.05, 3.63) is 0 Å². The van der Waals surface area contributed by atoms with Crippen LogP contribution in [0.4, 0.5) is 0 Å². The zero-order valence-electron chi connectivity index (χ0n) is 6.35. The van der Waals surface area contributed by atoms with Crippen molar-refractivity contribution in [2.24, 2.45) is 0 Å². The fourth-order valence-corrected chi connectivity index (χ4v) is 0.415. The van der Waals surface area contributed by atoms with Crippen LogP contribution in [0.25, 0.3) is 0 Å². The van der Waals surface area contributed by atoms with Gasteiger partial charge in [-0.3, -0.25) is 9.59 Å². The molecule has 0 aliphatic rings. The second-order valence-electron chi connectivity index (χ2n) is 1.68. The Morgan fingerprint density at radius 2 is 1.90 bits per heavy atom. The van der Waals surface area contributed by atoms with Crippen LogP contribution in [0.3, 0.4) is 0 Å². The van der Waals surface area contributed by atoms with E-state index >= 15 is 0 Å². The molecule has 54 valence electrons. The first-order valence-corrected chi connectivity index (χ1v) is 2.82. The summed E-state index contributed by atoms with van der Waals surface area (Å²) in [4.78, 5) is 20.6. The summed E-state index contributed by atoms with van der Waals surface area (Å²) >= 11 is 0. The Bertz CT molecular complexity index is 122. The van der Waals surface area contributed by atoms with Crippen molar-refractivity contribution >= 4 is 57.2 Å². The first-order chi connectivity index (χ1) is 4.16. The average molecular weight is 218 g/mol. The van der Waals surface area contributed by atoms with Crippen LogP contribution in [0, 0.1) is 0 Å². The predicted molar refractivity (Wildman–Crippen MR) is 37.7 cm³/mol. The molecule has 2 radical (unpaired) electrons. The average Bonchev–Trinajstić information content (AvgIpc) is 1.63. The number of esters is 1. The minimum absolute atomic E-state index is 0. The molecule has 0 aliphatic carbocycles. The molecule has 4 heteroatoms. The van der Waals surface area contributed by atoms with Gasteiger partial charge in [0.2, 0.25) is 0 Å². The summed E-state index contributed by atoms with van der Waals surface area (Å²) in [5, 5.41) is 0. The Morgan fingerprint density at radius 1 is 1.40 bits per heavy atom. The van der Waals surface area contributed by atoms with Crippen molar-refractivity contribution in [1.29, 1.82) is 0 Å². The predicted octanol–water partition coefficient (Wildman–Crippen LogP) is 0.148. The molecule has 3 nitrogen and oxygen atoms in total. The van der Waals surface area contributed by atoms with E-state index in [9.17, 15) is 9.59 Å². The zero-order chi connectivity index (χ0) is 7.28. The molecule has 0 saturated heterocycles. The zero-order valence-corrected chi connectivity index (χ0v) is 9.82. The molecule has 0 spiro atoms. The SMILES string of the molecule is CCOC(=O)CC(C)=O.[Sr]. The minimum Gasteiger partial charge on any atom is -0.466 e. The largest absolute Gasteiger partial charge is 0.466 e. The van der Waals surface area contributed by atoms with Gasteiger partial charge in [-0.05, 0) is 13.8 Å². The van der Waals surface area contributed by atoms with Crippen molar-refractivity contribution in [3.63, 3.8) is 0 Å². The van der Waals surface area contributed by atoms with Crippen LogP contribution in [0.5, 0.6) is 0 Å². The van der Waals surface area contributed by atoms with Crippen LogP contribution in [-0.4, -0.2) is 63.8 Å². The Balaban J connectivity index is 0. The maximum Gasteiger partial charge on any atom is 0.313 e. The molecule has 0 N–H and O–H groups in total. The molecule has 0 aromatic heterocycles. The second-order valence-corrected chi connectivity index (χ2v) is 1.68. The van der Waals surface area contributed by atoms with E-state index in [0.717, 1.165) is 0 Å². The summed E-state index contributed by atoms with van der Waals surface area (Å²) in [6.45, 7) is 3.40. The number of ketones is 1. The van der Waals surface area contributed by atoms with Gasteiger partial charge >= 0.3 is 5.97 Å². The van der Waals surface area contributed by atoms with E-state index in [2.05, 4.69) is 4.74 Å². The standard InChI is InChI=1S/C6H10O3.Sr/c1-3-9-6(8)4-5(2)7;/h3-4H2,1-2H3;. The van der Waals surface area contributed by atoms with Crippen molar-refractivity contribution in [2.45, 2.75) is 20.3 Å². The molecule has 10 heavy (non-hydrogen) atoms. The third-order valence-corrected chi connectivity index (χ3v) is 0.699. The van der Waals surface area contributed by atoms with Crippen molar-refractivity contribution in [2.75, 3.05) is 6.61 Å².